The number of rotatable bonds is 8. The summed E-state index contributed by atoms with van der Waals surface area (Å²) in [5, 5.41) is 21.7. The highest BCUT2D eigenvalue weighted by Crippen LogP contribution is 2.38. The van der Waals surface area contributed by atoms with Crippen LogP contribution < -0.4 is 5.14 Å². The minimum Gasteiger partial charge on any atom is -0.476 e. The lowest BCUT2D eigenvalue weighted by atomic mass is 9.97. The van der Waals surface area contributed by atoms with E-state index < -0.39 is 17.0 Å². The molecule has 5 rings (SSSR count). The largest absolute Gasteiger partial charge is 0.476 e. The van der Waals surface area contributed by atoms with Crippen LogP contribution in [0.4, 0.5) is 4.39 Å². The van der Waals surface area contributed by atoms with E-state index in [2.05, 4.69) is 4.98 Å². The second-order valence-corrected chi connectivity index (χ2v) is 10.2. The molecule has 0 saturated heterocycles. The highest BCUT2D eigenvalue weighted by molar-refractivity contribution is 7.82. The van der Waals surface area contributed by atoms with E-state index in [1.165, 1.54) is 28.8 Å². The number of hydrogen-bond acceptors (Lipinski definition) is 5. The number of nitrogens with two attached hydrogens (primary N) is 1. The molecule has 10 heteroatoms. The van der Waals surface area contributed by atoms with Gasteiger partial charge >= 0.3 is 5.97 Å². The molecule has 2 aromatic heterocycles. The van der Waals surface area contributed by atoms with Crippen LogP contribution in [0.5, 0.6) is 0 Å². The van der Waals surface area contributed by atoms with Gasteiger partial charge in [-0.1, -0.05) is 12.1 Å². The van der Waals surface area contributed by atoms with Crippen LogP contribution in [0.25, 0.3) is 16.4 Å². The van der Waals surface area contributed by atoms with Gasteiger partial charge in [0.15, 0.2) is 5.69 Å². The predicted molar refractivity (Wildman–Crippen MR) is 128 cm³/mol. The molecule has 174 valence electrons. The third-order valence-corrected chi connectivity index (χ3v) is 7.37. The van der Waals surface area contributed by atoms with Crippen molar-refractivity contribution in [3.63, 3.8) is 0 Å². The number of carbonyl (C=O) groups is 1. The maximum atomic E-state index is 13.6. The lowest BCUT2D eigenvalue weighted by Crippen LogP contribution is -2.06. The minimum atomic E-state index is -1.55. The number of carboxylic acid groups (broad SMARTS) is 1. The van der Waals surface area contributed by atoms with Crippen LogP contribution in [0, 0.1) is 11.7 Å². The Hall–Kier alpha value is -3.21. The quantitative estimate of drug-likeness (QED) is 0.377. The Morgan fingerprint density at radius 2 is 1.88 bits per heavy atom. The van der Waals surface area contributed by atoms with Crippen LogP contribution >= 0.6 is 11.3 Å². The zero-order valence-corrected chi connectivity index (χ0v) is 19.6. The van der Waals surface area contributed by atoms with Crippen molar-refractivity contribution in [2.45, 2.75) is 30.6 Å². The van der Waals surface area contributed by atoms with Gasteiger partial charge in [0.25, 0.3) is 0 Å². The highest BCUT2D eigenvalue weighted by Gasteiger charge is 2.29. The average Bonchev–Trinajstić information content (AvgIpc) is 3.38. The van der Waals surface area contributed by atoms with Crippen molar-refractivity contribution in [1.29, 1.82) is 0 Å². The first-order chi connectivity index (χ1) is 16.4. The second-order valence-electron chi connectivity index (χ2n) is 8.28. The third kappa shape index (κ3) is 4.70. The molecule has 1 atom stereocenters. The van der Waals surface area contributed by atoms with Gasteiger partial charge in [0.05, 0.1) is 16.3 Å². The Morgan fingerprint density at radius 3 is 2.47 bits per heavy atom. The van der Waals surface area contributed by atoms with Crippen molar-refractivity contribution in [2.75, 3.05) is 0 Å². The lowest BCUT2D eigenvalue weighted by Gasteiger charge is -2.09. The molecule has 1 unspecified atom stereocenters. The van der Waals surface area contributed by atoms with Crippen LogP contribution in [0.15, 0.2) is 58.8 Å². The molecule has 0 bridgehead atoms. The fourth-order valence-corrected chi connectivity index (χ4v) is 5.06. The maximum Gasteiger partial charge on any atom is 0.355 e. The monoisotopic (exact) mass is 496 g/mol. The first-order valence-corrected chi connectivity index (χ1v) is 12.8. The van der Waals surface area contributed by atoms with Gasteiger partial charge < -0.3 is 5.11 Å². The normalized spacial score (nSPS) is 14.3. The van der Waals surface area contributed by atoms with E-state index in [1.807, 2.05) is 12.1 Å². The summed E-state index contributed by atoms with van der Waals surface area (Å²) in [6.07, 6.45) is 3.59. The summed E-state index contributed by atoms with van der Waals surface area (Å²) in [4.78, 5) is 16.2. The first kappa shape index (κ1) is 22.6. The number of aromatic carboxylic acids is 1. The van der Waals surface area contributed by atoms with E-state index in [0.717, 1.165) is 41.6 Å². The molecule has 34 heavy (non-hydrogen) atoms. The van der Waals surface area contributed by atoms with Gasteiger partial charge in [0.2, 0.25) is 5.13 Å². The van der Waals surface area contributed by atoms with Crippen molar-refractivity contribution >= 4 is 28.3 Å². The molecule has 2 aromatic carbocycles. The van der Waals surface area contributed by atoms with Gasteiger partial charge in [-0.3, -0.25) is 0 Å². The Balaban J connectivity index is 1.65. The van der Waals surface area contributed by atoms with Gasteiger partial charge in [0, 0.05) is 22.9 Å². The second kappa shape index (κ2) is 9.21. The highest BCUT2D eigenvalue weighted by atomic mass is 32.2. The summed E-state index contributed by atoms with van der Waals surface area (Å²) < 4.78 is 27.0. The molecule has 0 amide bonds. The van der Waals surface area contributed by atoms with Crippen LogP contribution in [0.3, 0.4) is 0 Å². The van der Waals surface area contributed by atoms with Crippen LogP contribution in [-0.2, 0) is 23.8 Å². The van der Waals surface area contributed by atoms with Crippen LogP contribution in [0.2, 0.25) is 0 Å². The number of halogens is 1. The zero-order chi connectivity index (χ0) is 23.8. The van der Waals surface area contributed by atoms with E-state index in [0.29, 0.717) is 28.1 Å². The van der Waals surface area contributed by atoms with Crippen LogP contribution in [-0.4, -0.2) is 30.0 Å². The number of hydrogen-bond donors (Lipinski definition) is 2. The van der Waals surface area contributed by atoms with E-state index in [-0.39, 0.29) is 11.5 Å². The first-order valence-electron chi connectivity index (χ1n) is 10.7. The molecular formula is C24H21FN4O3S2. The number of thiazole rings is 1. The third-order valence-electron chi connectivity index (χ3n) is 5.82. The molecule has 2 heterocycles. The van der Waals surface area contributed by atoms with Crippen LogP contribution in [0.1, 0.15) is 40.2 Å². The Labute approximate surface area is 201 Å². The number of carboxylic acids is 1. The van der Waals surface area contributed by atoms with Crippen molar-refractivity contribution in [1.82, 2.24) is 14.8 Å². The predicted octanol–water partition coefficient (Wildman–Crippen LogP) is 4.36. The number of nitrogens with zero attached hydrogens (tertiary/aromatic N) is 3. The Morgan fingerprint density at radius 1 is 1.18 bits per heavy atom. The summed E-state index contributed by atoms with van der Waals surface area (Å²) in [6, 6.07) is 13.4. The summed E-state index contributed by atoms with van der Waals surface area (Å²) in [5.74, 6) is -0.884. The zero-order valence-electron chi connectivity index (χ0n) is 18.0. The smallest absolute Gasteiger partial charge is 0.355 e. The van der Waals surface area contributed by atoms with Gasteiger partial charge in [-0.15, -0.1) is 11.3 Å². The standard InChI is InChI=1S/C24H21FN4O3S2/c25-17-7-5-16(6-8-17)22-19(11-14-3-9-18(10-4-14)34(26)32)21(12-15-1-2-15)29(28-22)24-27-20(13-33-24)23(30)31/h3-10,13,15H,1-2,11-12,26H2,(H,30,31). The van der Waals surface area contributed by atoms with E-state index in [9.17, 15) is 18.5 Å². The fraction of sp³-hybridized carbons (Fsp3) is 0.208. The van der Waals surface area contributed by atoms with Gasteiger partial charge in [-0.2, -0.15) is 5.10 Å². The molecule has 1 saturated carbocycles. The minimum absolute atomic E-state index is 0.0249. The van der Waals surface area contributed by atoms with E-state index in [1.54, 1.807) is 28.9 Å². The molecule has 1 fully saturated rings. The van der Waals surface area contributed by atoms with Gasteiger partial charge in [0.1, 0.15) is 16.8 Å². The number of aromatic nitrogens is 3. The van der Waals surface area contributed by atoms with E-state index in [4.69, 9.17) is 10.2 Å². The molecular weight excluding hydrogens is 475 g/mol. The van der Waals surface area contributed by atoms with Crippen molar-refractivity contribution in [3.05, 3.63) is 82.2 Å². The Bertz CT molecular complexity index is 1380. The van der Waals surface area contributed by atoms with Crippen molar-refractivity contribution in [2.24, 2.45) is 11.1 Å². The SMILES string of the molecule is NS(=O)c1ccc(Cc2c(-c3ccc(F)cc3)nn(-c3nc(C(=O)O)cs3)c2CC2CC2)cc1. The summed E-state index contributed by atoms with van der Waals surface area (Å²) >= 11 is 1.22. The van der Waals surface area contributed by atoms with Gasteiger partial charge in [-0.25, -0.2) is 28.2 Å². The topological polar surface area (TPSA) is 111 Å². The molecule has 4 aromatic rings. The average molecular weight is 497 g/mol. The summed E-state index contributed by atoms with van der Waals surface area (Å²) in [6.45, 7) is 0. The molecule has 0 spiro atoms. The lowest BCUT2D eigenvalue weighted by molar-refractivity contribution is 0.0691. The fourth-order valence-electron chi connectivity index (χ4n) is 3.88. The molecule has 0 radical (unpaired) electrons. The van der Waals surface area contributed by atoms with Gasteiger partial charge in [-0.05, 0) is 67.1 Å². The molecule has 3 N–H and O–H groups in total. The Kier molecular flexibility index (Phi) is 6.11. The molecule has 7 nitrogen and oxygen atoms in total. The summed E-state index contributed by atoms with van der Waals surface area (Å²) in [5.41, 5.74) is 4.38. The molecule has 0 aliphatic heterocycles. The summed E-state index contributed by atoms with van der Waals surface area (Å²) in [7, 11) is -1.55. The number of benzene rings is 2. The molecule has 1 aliphatic carbocycles. The van der Waals surface area contributed by atoms with Crippen molar-refractivity contribution in [3.8, 4) is 16.4 Å². The van der Waals surface area contributed by atoms with E-state index >= 15 is 0 Å². The molecule has 1 aliphatic rings. The van der Waals surface area contributed by atoms with Crippen molar-refractivity contribution < 1.29 is 18.5 Å². The maximum absolute atomic E-state index is 13.6.